The van der Waals surface area contributed by atoms with E-state index >= 15 is 0 Å². The smallest absolute Gasteiger partial charge is 0.177 e. The summed E-state index contributed by atoms with van der Waals surface area (Å²) in [5, 5.41) is 6.00. The van der Waals surface area contributed by atoms with Gasteiger partial charge in [-0.15, -0.1) is 12.4 Å². The first-order chi connectivity index (χ1) is 9.81. The lowest BCUT2D eigenvalue weighted by Crippen LogP contribution is -2.26. The van der Waals surface area contributed by atoms with Gasteiger partial charge >= 0.3 is 0 Å². The minimum atomic E-state index is 0. The van der Waals surface area contributed by atoms with Crippen molar-refractivity contribution in [2.75, 3.05) is 18.9 Å². The molecule has 2 aliphatic heterocycles. The van der Waals surface area contributed by atoms with Gasteiger partial charge in [-0.3, -0.25) is 10.4 Å². The largest absolute Gasteiger partial charge is 0.376 e. The van der Waals surface area contributed by atoms with Crippen LogP contribution in [0.25, 0.3) is 0 Å². The maximum Gasteiger partial charge on any atom is 0.177 e. The van der Waals surface area contributed by atoms with E-state index < -0.39 is 0 Å². The Balaban J connectivity index is 0.00000161. The van der Waals surface area contributed by atoms with Gasteiger partial charge in [0.05, 0.1) is 18.4 Å². The first-order valence-corrected chi connectivity index (χ1v) is 8.05. The Labute approximate surface area is 139 Å². The van der Waals surface area contributed by atoms with E-state index in [1.54, 1.807) is 11.8 Å². The lowest BCUT2D eigenvalue weighted by Gasteiger charge is -2.15. The lowest BCUT2D eigenvalue weighted by molar-refractivity contribution is 0.118. The number of amidine groups is 1. The number of thioether (sulfide) groups is 1. The Morgan fingerprint density at radius 2 is 2.19 bits per heavy atom. The second-order valence-corrected chi connectivity index (χ2v) is 6.15. The number of ether oxygens (including phenoxy) is 1. The number of aliphatic imine (C=N–C) groups is 1. The van der Waals surface area contributed by atoms with Crippen LogP contribution in [-0.2, 0) is 4.74 Å². The standard InChI is InChI=1S/C14H16ClN3OS.ClH/c15-11-5-3-10(4-6-11)13-9-20-14(18-17-13)16-8-12-2-1-7-19-12;/h3-6,12H,1-2,7-9H2,(H,16,18);1H. The molecule has 3 rings (SSSR count). The van der Waals surface area contributed by atoms with Crippen molar-refractivity contribution in [1.29, 1.82) is 0 Å². The predicted octanol–water partition coefficient (Wildman–Crippen LogP) is 3.34. The zero-order chi connectivity index (χ0) is 13.8. The zero-order valence-corrected chi connectivity index (χ0v) is 13.8. The Bertz CT molecular complexity index is 528. The summed E-state index contributed by atoms with van der Waals surface area (Å²) < 4.78 is 5.55. The van der Waals surface area contributed by atoms with E-state index in [9.17, 15) is 0 Å². The summed E-state index contributed by atoms with van der Waals surface area (Å²) in [6.07, 6.45) is 2.54. The number of hydrogen-bond acceptors (Lipinski definition) is 4. The van der Waals surface area contributed by atoms with Crippen LogP contribution in [0.3, 0.4) is 0 Å². The Morgan fingerprint density at radius 1 is 1.38 bits per heavy atom. The lowest BCUT2D eigenvalue weighted by atomic mass is 10.1. The van der Waals surface area contributed by atoms with Crippen molar-refractivity contribution in [3.8, 4) is 0 Å². The molecular weight excluding hydrogens is 329 g/mol. The third kappa shape index (κ3) is 4.61. The van der Waals surface area contributed by atoms with Crippen molar-refractivity contribution >= 4 is 46.6 Å². The molecule has 114 valence electrons. The highest BCUT2D eigenvalue weighted by atomic mass is 35.5. The quantitative estimate of drug-likeness (QED) is 0.913. The van der Waals surface area contributed by atoms with Crippen LogP contribution in [0.15, 0.2) is 34.4 Å². The first kappa shape index (κ1) is 16.6. The minimum absolute atomic E-state index is 0. The summed E-state index contributed by atoms with van der Waals surface area (Å²) in [7, 11) is 0. The highest BCUT2D eigenvalue weighted by molar-refractivity contribution is 8.14. The molecule has 4 nitrogen and oxygen atoms in total. The molecule has 0 aliphatic carbocycles. The number of rotatable bonds is 3. The van der Waals surface area contributed by atoms with E-state index in [4.69, 9.17) is 16.3 Å². The molecule has 0 bridgehead atoms. The van der Waals surface area contributed by atoms with E-state index in [-0.39, 0.29) is 18.5 Å². The predicted molar refractivity (Wildman–Crippen MR) is 92.1 cm³/mol. The summed E-state index contributed by atoms with van der Waals surface area (Å²) in [5.74, 6) is 0.818. The molecule has 1 aromatic carbocycles. The highest BCUT2D eigenvalue weighted by Gasteiger charge is 2.17. The molecule has 2 heterocycles. The molecule has 2 aliphatic rings. The molecule has 0 amide bonds. The van der Waals surface area contributed by atoms with E-state index in [1.165, 1.54) is 0 Å². The number of halogens is 2. The van der Waals surface area contributed by atoms with E-state index in [1.807, 2.05) is 24.3 Å². The van der Waals surface area contributed by atoms with Crippen LogP contribution >= 0.6 is 35.8 Å². The molecular formula is C14H17Cl2N3OS. The van der Waals surface area contributed by atoms with Crippen molar-refractivity contribution in [2.45, 2.75) is 18.9 Å². The van der Waals surface area contributed by atoms with Gasteiger partial charge in [0, 0.05) is 17.4 Å². The fraction of sp³-hybridized carbons (Fsp3) is 0.429. The van der Waals surface area contributed by atoms with Crippen molar-refractivity contribution in [2.24, 2.45) is 10.1 Å². The summed E-state index contributed by atoms with van der Waals surface area (Å²) in [5.41, 5.74) is 5.13. The SMILES string of the molecule is Cl.Clc1ccc(C2=NNC(=NCC3CCCO3)SC2)cc1. The molecule has 0 saturated carbocycles. The summed E-state index contributed by atoms with van der Waals surface area (Å²) >= 11 is 7.56. The molecule has 0 radical (unpaired) electrons. The molecule has 0 aromatic heterocycles. The molecule has 1 unspecified atom stereocenters. The van der Waals surface area contributed by atoms with Crippen LogP contribution in [0.5, 0.6) is 0 Å². The van der Waals surface area contributed by atoms with Crippen molar-refractivity contribution < 1.29 is 4.74 Å². The van der Waals surface area contributed by atoms with E-state index in [0.717, 1.165) is 53.2 Å². The van der Waals surface area contributed by atoms with Gasteiger partial charge in [0.15, 0.2) is 5.17 Å². The average Bonchev–Trinajstić information content (AvgIpc) is 3.00. The summed E-state index contributed by atoms with van der Waals surface area (Å²) in [4.78, 5) is 4.52. The molecule has 0 spiro atoms. The van der Waals surface area contributed by atoms with Crippen LogP contribution < -0.4 is 5.43 Å². The number of hydrogen-bond donors (Lipinski definition) is 1. The fourth-order valence-corrected chi connectivity index (χ4v) is 3.07. The van der Waals surface area contributed by atoms with Crippen molar-refractivity contribution in [3.63, 3.8) is 0 Å². The second-order valence-electron chi connectivity index (χ2n) is 4.75. The molecule has 1 N–H and O–H groups in total. The Kier molecular flexibility index (Phi) is 6.36. The molecule has 1 aromatic rings. The third-order valence-corrected chi connectivity index (χ3v) is 4.44. The van der Waals surface area contributed by atoms with Crippen molar-refractivity contribution in [1.82, 2.24) is 5.43 Å². The van der Waals surface area contributed by atoms with Gasteiger partial charge in [-0.05, 0) is 30.5 Å². The molecule has 21 heavy (non-hydrogen) atoms. The normalized spacial score (nSPS) is 23.4. The Morgan fingerprint density at radius 3 is 2.81 bits per heavy atom. The van der Waals surface area contributed by atoms with Crippen molar-refractivity contribution in [3.05, 3.63) is 34.9 Å². The third-order valence-electron chi connectivity index (χ3n) is 3.27. The first-order valence-electron chi connectivity index (χ1n) is 6.68. The van der Waals surface area contributed by atoms with E-state index in [0.29, 0.717) is 0 Å². The highest BCUT2D eigenvalue weighted by Crippen LogP contribution is 2.17. The Hall–Kier alpha value is -0.750. The van der Waals surface area contributed by atoms with Crippen LogP contribution in [0.1, 0.15) is 18.4 Å². The number of benzene rings is 1. The topological polar surface area (TPSA) is 46.0 Å². The zero-order valence-electron chi connectivity index (χ0n) is 11.4. The number of nitrogens with zero attached hydrogens (tertiary/aromatic N) is 2. The average molecular weight is 346 g/mol. The van der Waals surface area contributed by atoms with Gasteiger partial charge in [0.1, 0.15) is 0 Å². The van der Waals surface area contributed by atoms with Gasteiger partial charge in [-0.1, -0.05) is 35.5 Å². The number of nitrogens with one attached hydrogen (secondary N) is 1. The van der Waals surface area contributed by atoms with Gasteiger partial charge in [-0.25, -0.2) is 0 Å². The summed E-state index contributed by atoms with van der Waals surface area (Å²) in [6.45, 7) is 1.59. The van der Waals surface area contributed by atoms with Crippen LogP contribution in [-0.4, -0.2) is 35.9 Å². The van der Waals surface area contributed by atoms with Gasteiger partial charge in [0.2, 0.25) is 0 Å². The van der Waals surface area contributed by atoms with Gasteiger partial charge in [-0.2, -0.15) is 5.10 Å². The maximum atomic E-state index is 5.89. The van der Waals surface area contributed by atoms with Gasteiger partial charge in [0.25, 0.3) is 0 Å². The second kappa shape index (κ2) is 8.03. The minimum Gasteiger partial charge on any atom is -0.376 e. The maximum absolute atomic E-state index is 5.89. The number of hydrazone groups is 1. The van der Waals surface area contributed by atoms with Crippen LogP contribution in [0.2, 0.25) is 5.02 Å². The monoisotopic (exact) mass is 345 g/mol. The molecule has 1 fully saturated rings. The van der Waals surface area contributed by atoms with E-state index in [2.05, 4.69) is 15.5 Å². The fourth-order valence-electron chi connectivity index (χ4n) is 2.16. The summed E-state index contributed by atoms with van der Waals surface area (Å²) in [6, 6.07) is 7.73. The van der Waals surface area contributed by atoms with Crippen LogP contribution in [0.4, 0.5) is 0 Å². The van der Waals surface area contributed by atoms with Gasteiger partial charge < -0.3 is 4.74 Å². The molecule has 1 saturated heterocycles. The van der Waals surface area contributed by atoms with Crippen LogP contribution in [0, 0.1) is 0 Å². The molecule has 7 heteroatoms. The molecule has 1 atom stereocenters.